The van der Waals surface area contributed by atoms with Gasteiger partial charge in [0.2, 0.25) is 0 Å². The normalized spacial score (nSPS) is 12.0. The van der Waals surface area contributed by atoms with E-state index in [2.05, 4.69) is 16.5 Å². The molecule has 0 aliphatic heterocycles. The Morgan fingerprint density at radius 2 is 1.92 bits per heavy atom. The fraction of sp³-hybridized carbons (Fsp3) is 0.278. The number of hydrogen-bond acceptors (Lipinski definition) is 3. The molecule has 6 heteroatoms. The van der Waals surface area contributed by atoms with Gasteiger partial charge in [0, 0.05) is 11.6 Å². The molecule has 0 unspecified atom stereocenters. The van der Waals surface area contributed by atoms with Crippen molar-refractivity contribution < 1.29 is 8.42 Å². The largest absolute Gasteiger partial charge is 0.329 e. The third-order valence-electron chi connectivity index (χ3n) is 4.23. The molecule has 0 amide bonds. The maximum Gasteiger partial charge on any atom is 0.182 e. The van der Waals surface area contributed by atoms with Gasteiger partial charge >= 0.3 is 0 Å². The zero-order chi connectivity index (χ0) is 17.5. The van der Waals surface area contributed by atoms with Crippen LogP contribution in [0.3, 0.4) is 0 Å². The van der Waals surface area contributed by atoms with Gasteiger partial charge in [-0.15, -0.1) is 0 Å². The molecule has 3 aromatic rings. The Hall–Kier alpha value is -1.85. The standard InChI is InChI=1S/C18H19ClN2O2S/c1-4-21-13(3)20-16-10-14(8-9-17(16)21)11-24(22,23)18-7-5-6-15(19)12(18)2/h5-10H,4,11H2,1-3H3. The molecule has 24 heavy (non-hydrogen) atoms. The van der Waals surface area contributed by atoms with Gasteiger partial charge < -0.3 is 4.57 Å². The Balaban J connectivity index is 2.01. The molecule has 2 aromatic carbocycles. The highest BCUT2D eigenvalue weighted by Gasteiger charge is 2.19. The molecular weight excluding hydrogens is 344 g/mol. The first-order chi connectivity index (χ1) is 11.3. The summed E-state index contributed by atoms with van der Waals surface area (Å²) in [5, 5.41) is 0.462. The molecular formula is C18H19ClN2O2S. The molecule has 126 valence electrons. The van der Waals surface area contributed by atoms with Gasteiger partial charge in [0.15, 0.2) is 9.84 Å². The molecule has 0 atom stereocenters. The van der Waals surface area contributed by atoms with Crippen LogP contribution < -0.4 is 0 Å². The maximum atomic E-state index is 12.8. The minimum atomic E-state index is -3.46. The van der Waals surface area contributed by atoms with E-state index in [-0.39, 0.29) is 10.6 Å². The molecule has 0 radical (unpaired) electrons. The van der Waals surface area contributed by atoms with Crippen LogP contribution in [0.2, 0.25) is 5.02 Å². The Labute approximate surface area is 147 Å². The lowest BCUT2D eigenvalue weighted by atomic mass is 10.2. The van der Waals surface area contributed by atoms with Crippen LogP contribution in [0.4, 0.5) is 0 Å². The number of imidazole rings is 1. The molecule has 0 spiro atoms. The predicted octanol–water partition coefficient (Wildman–Crippen LogP) is 4.30. The molecule has 1 heterocycles. The molecule has 4 nitrogen and oxygen atoms in total. The number of nitrogens with zero attached hydrogens (tertiary/aromatic N) is 2. The Morgan fingerprint density at radius 3 is 2.62 bits per heavy atom. The molecule has 0 saturated carbocycles. The summed E-state index contributed by atoms with van der Waals surface area (Å²) in [5.74, 6) is 0.862. The summed E-state index contributed by atoms with van der Waals surface area (Å²) < 4.78 is 27.6. The van der Waals surface area contributed by atoms with Crippen LogP contribution in [-0.2, 0) is 22.1 Å². The van der Waals surface area contributed by atoms with Gasteiger partial charge in [-0.3, -0.25) is 0 Å². The fourth-order valence-corrected chi connectivity index (χ4v) is 4.87. The lowest BCUT2D eigenvalue weighted by Crippen LogP contribution is -2.07. The Kier molecular flexibility index (Phi) is 4.40. The topological polar surface area (TPSA) is 52.0 Å². The van der Waals surface area contributed by atoms with Crippen molar-refractivity contribution in [3.63, 3.8) is 0 Å². The van der Waals surface area contributed by atoms with Gasteiger partial charge in [0.25, 0.3) is 0 Å². The first-order valence-electron chi connectivity index (χ1n) is 7.77. The molecule has 0 aliphatic rings. The number of aryl methyl sites for hydroxylation is 2. The average Bonchev–Trinajstić information content (AvgIpc) is 2.83. The van der Waals surface area contributed by atoms with Gasteiger partial charge in [-0.1, -0.05) is 23.7 Å². The van der Waals surface area contributed by atoms with E-state index >= 15 is 0 Å². The molecule has 3 rings (SSSR count). The minimum absolute atomic E-state index is 0.0673. The smallest absolute Gasteiger partial charge is 0.182 e. The molecule has 1 aromatic heterocycles. The van der Waals surface area contributed by atoms with E-state index in [9.17, 15) is 8.42 Å². The quantitative estimate of drug-likeness (QED) is 0.695. The molecule has 0 saturated heterocycles. The third kappa shape index (κ3) is 2.94. The number of hydrogen-bond donors (Lipinski definition) is 0. The third-order valence-corrected chi connectivity index (χ3v) is 6.46. The van der Waals surface area contributed by atoms with Crippen molar-refractivity contribution in [2.24, 2.45) is 0 Å². The van der Waals surface area contributed by atoms with Gasteiger partial charge in [0.1, 0.15) is 5.82 Å². The zero-order valence-corrected chi connectivity index (χ0v) is 15.4. The van der Waals surface area contributed by atoms with Gasteiger partial charge in [0.05, 0.1) is 21.7 Å². The van der Waals surface area contributed by atoms with Crippen molar-refractivity contribution in [3.05, 3.63) is 58.4 Å². The number of fused-ring (bicyclic) bond motifs is 1. The lowest BCUT2D eigenvalue weighted by Gasteiger charge is -2.09. The average molecular weight is 363 g/mol. The highest BCUT2D eigenvalue weighted by molar-refractivity contribution is 7.90. The summed E-state index contributed by atoms with van der Waals surface area (Å²) in [4.78, 5) is 4.81. The van der Waals surface area contributed by atoms with Crippen molar-refractivity contribution in [3.8, 4) is 0 Å². The first kappa shape index (κ1) is 17.0. The molecule has 0 N–H and O–H groups in total. The highest BCUT2D eigenvalue weighted by Crippen LogP contribution is 2.26. The number of rotatable bonds is 4. The summed E-state index contributed by atoms with van der Waals surface area (Å²) in [6.45, 7) is 6.58. The second-order valence-electron chi connectivity index (χ2n) is 5.85. The van der Waals surface area contributed by atoms with Crippen molar-refractivity contribution >= 4 is 32.5 Å². The SMILES string of the molecule is CCn1c(C)nc2cc(CS(=O)(=O)c3cccc(Cl)c3C)ccc21. The van der Waals surface area contributed by atoms with Gasteiger partial charge in [-0.05, 0) is 56.2 Å². The number of benzene rings is 2. The van der Waals surface area contributed by atoms with Crippen LogP contribution in [0.15, 0.2) is 41.3 Å². The Morgan fingerprint density at radius 1 is 1.17 bits per heavy atom. The molecule has 0 aliphatic carbocycles. The highest BCUT2D eigenvalue weighted by atomic mass is 35.5. The van der Waals surface area contributed by atoms with Gasteiger partial charge in [-0.2, -0.15) is 0 Å². The summed E-state index contributed by atoms with van der Waals surface area (Å²) in [7, 11) is -3.46. The monoisotopic (exact) mass is 362 g/mol. The van der Waals surface area contributed by atoms with Crippen molar-refractivity contribution in [2.45, 2.75) is 38.0 Å². The van der Waals surface area contributed by atoms with Crippen molar-refractivity contribution in [1.29, 1.82) is 0 Å². The molecule has 0 fully saturated rings. The van der Waals surface area contributed by atoms with Gasteiger partial charge in [-0.25, -0.2) is 13.4 Å². The molecule has 0 bridgehead atoms. The van der Waals surface area contributed by atoms with Crippen LogP contribution in [0.25, 0.3) is 11.0 Å². The van der Waals surface area contributed by atoms with Crippen LogP contribution in [0.1, 0.15) is 23.9 Å². The summed E-state index contributed by atoms with van der Waals surface area (Å²) >= 11 is 6.06. The van der Waals surface area contributed by atoms with Crippen molar-refractivity contribution in [2.75, 3.05) is 0 Å². The second-order valence-corrected chi connectivity index (χ2v) is 8.21. The number of sulfone groups is 1. The van der Waals surface area contributed by atoms with E-state index in [0.717, 1.165) is 29.0 Å². The van der Waals surface area contributed by atoms with E-state index in [1.807, 2.05) is 25.1 Å². The summed E-state index contributed by atoms with van der Waals surface area (Å²) in [6, 6.07) is 10.6. The Bertz CT molecular complexity index is 1020. The number of halogens is 1. The zero-order valence-electron chi connectivity index (χ0n) is 13.9. The van der Waals surface area contributed by atoms with E-state index in [4.69, 9.17) is 11.6 Å². The maximum absolute atomic E-state index is 12.8. The second kappa shape index (κ2) is 6.22. The summed E-state index contributed by atoms with van der Waals surface area (Å²) in [6.07, 6.45) is 0. The lowest BCUT2D eigenvalue weighted by molar-refractivity contribution is 0.594. The minimum Gasteiger partial charge on any atom is -0.329 e. The van der Waals surface area contributed by atoms with E-state index in [0.29, 0.717) is 10.6 Å². The van der Waals surface area contributed by atoms with Crippen LogP contribution in [-0.4, -0.2) is 18.0 Å². The fourth-order valence-electron chi connectivity index (χ4n) is 3.01. The first-order valence-corrected chi connectivity index (χ1v) is 9.80. The predicted molar refractivity (Wildman–Crippen MR) is 97.2 cm³/mol. The number of aromatic nitrogens is 2. The van der Waals surface area contributed by atoms with E-state index in [1.54, 1.807) is 25.1 Å². The van der Waals surface area contributed by atoms with Crippen LogP contribution >= 0.6 is 11.6 Å². The van der Waals surface area contributed by atoms with E-state index < -0.39 is 9.84 Å². The van der Waals surface area contributed by atoms with Crippen LogP contribution in [0.5, 0.6) is 0 Å². The van der Waals surface area contributed by atoms with E-state index in [1.165, 1.54) is 0 Å². The van der Waals surface area contributed by atoms with Crippen molar-refractivity contribution in [1.82, 2.24) is 9.55 Å². The summed E-state index contributed by atoms with van der Waals surface area (Å²) in [5.41, 5.74) is 3.16. The van der Waals surface area contributed by atoms with Crippen LogP contribution in [0, 0.1) is 13.8 Å².